The van der Waals surface area contributed by atoms with Gasteiger partial charge >= 0.3 is 5.97 Å². The van der Waals surface area contributed by atoms with Crippen molar-refractivity contribution in [1.29, 1.82) is 0 Å². The number of aliphatic carboxylic acids is 1. The van der Waals surface area contributed by atoms with Crippen molar-refractivity contribution in [2.75, 3.05) is 27.3 Å². The molecule has 4 heterocycles. The molecule has 12 nitrogen and oxygen atoms in total. The maximum Gasteiger partial charge on any atom is 0.303 e. The second-order valence-electron chi connectivity index (χ2n) is 13.1. The van der Waals surface area contributed by atoms with Crippen LogP contribution in [0.2, 0.25) is 0 Å². The third-order valence-corrected chi connectivity index (χ3v) is 9.43. The summed E-state index contributed by atoms with van der Waals surface area (Å²) in [5.41, 5.74) is 6.17. The molecular weight excluding hydrogens is 652 g/mol. The molecule has 0 unspecified atom stereocenters. The third kappa shape index (κ3) is 6.81. The number of fused-ring (bicyclic) bond motifs is 4. The van der Waals surface area contributed by atoms with Crippen molar-refractivity contribution in [3.8, 4) is 23.0 Å². The number of amides is 2. The molecule has 3 aromatic rings. The Labute approximate surface area is 295 Å². The molecule has 2 saturated heterocycles. The van der Waals surface area contributed by atoms with Crippen molar-refractivity contribution < 1.29 is 38.4 Å². The molecule has 262 valence electrons. The molecule has 2 amide bonds. The first-order valence-corrected chi connectivity index (χ1v) is 16.7. The van der Waals surface area contributed by atoms with Gasteiger partial charge in [-0.15, -0.1) is 0 Å². The molecule has 0 aliphatic carbocycles. The number of carboxylic acids is 1. The molecule has 7 rings (SSSR count). The van der Waals surface area contributed by atoms with Gasteiger partial charge in [0.2, 0.25) is 0 Å². The van der Waals surface area contributed by atoms with Crippen LogP contribution in [-0.2, 0) is 24.4 Å². The zero-order valence-electron chi connectivity index (χ0n) is 28.5. The van der Waals surface area contributed by atoms with Gasteiger partial charge in [0.25, 0.3) is 11.8 Å². The van der Waals surface area contributed by atoms with Crippen molar-refractivity contribution in [2.45, 2.75) is 51.0 Å². The number of benzene rings is 3. The van der Waals surface area contributed by atoms with Crippen LogP contribution in [0.1, 0.15) is 56.7 Å². The summed E-state index contributed by atoms with van der Waals surface area (Å²) in [7, 11) is 3.03. The fraction of sp³-hybridized carbons (Fsp3) is 0.308. The molecule has 3 aromatic carbocycles. The predicted octanol–water partition coefficient (Wildman–Crippen LogP) is 5.85. The molecule has 2 atom stereocenters. The van der Waals surface area contributed by atoms with Crippen molar-refractivity contribution in [2.24, 2.45) is 9.98 Å². The minimum atomic E-state index is -0.904. The lowest BCUT2D eigenvalue weighted by molar-refractivity contribution is -0.136. The lowest BCUT2D eigenvalue weighted by atomic mass is 10.0. The number of hydrogen-bond acceptors (Lipinski definition) is 9. The standard InChI is InChI=1S/C39H38N4O8/c1-22-7-27-16-40-31-14-35(33(48-3)12-29(31)38(46)42(27)18-22)50-20-25-9-24(5-6-37(44)45)10-26(11-25)21-51-36-15-32-30(13-34(36)49-4)39(47)43-19-23(2)8-28(43)17-41-32/h9-17,27-28H,1-2,5-8,18-21H2,3-4H3,(H,44,45)/t27-,28-/m0/s1. The summed E-state index contributed by atoms with van der Waals surface area (Å²) >= 11 is 0. The fourth-order valence-electron chi connectivity index (χ4n) is 6.93. The Morgan fingerprint density at radius 1 is 0.725 bits per heavy atom. The number of rotatable bonds is 11. The van der Waals surface area contributed by atoms with Crippen molar-refractivity contribution in [3.05, 3.63) is 94.6 Å². The van der Waals surface area contributed by atoms with Gasteiger partial charge in [0.1, 0.15) is 13.2 Å². The van der Waals surface area contributed by atoms with E-state index in [0.717, 1.165) is 27.8 Å². The summed E-state index contributed by atoms with van der Waals surface area (Å²) in [6.07, 6.45) is 5.17. The van der Waals surface area contributed by atoms with Crippen LogP contribution < -0.4 is 18.9 Å². The molecular formula is C39H38N4O8. The van der Waals surface area contributed by atoms with E-state index in [2.05, 4.69) is 23.1 Å². The first-order chi connectivity index (χ1) is 24.6. The second-order valence-corrected chi connectivity index (χ2v) is 13.1. The number of nitrogens with zero attached hydrogens (tertiary/aromatic N) is 4. The highest BCUT2D eigenvalue weighted by Gasteiger charge is 2.35. The number of aryl methyl sites for hydroxylation is 1. The molecule has 0 bridgehead atoms. The molecule has 1 N–H and O–H groups in total. The van der Waals surface area contributed by atoms with Crippen LogP contribution in [0.4, 0.5) is 11.4 Å². The highest BCUT2D eigenvalue weighted by Crippen LogP contribution is 2.40. The summed E-state index contributed by atoms with van der Waals surface area (Å²) in [6, 6.07) is 12.2. The molecule has 0 radical (unpaired) electrons. The smallest absolute Gasteiger partial charge is 0.303 e. The Morgan fingerprint density at radius 2 is 1.18 bits per heavy atom. The Kier molecular flexibility index (Phi) is 9.07. The van der Waals surface area contributed by atoms with E-state index in [4.69, 9.17) is 18.9 Å². The quantitative estimate of drug-likeness (QED) is 0.247. The van der Waals surface area contributed by atoms with Crippen molar-refractivity contribution >= 4 is 41.6 Å². The number of carbonyl (C=O) groups is 3. The fourth-order valence-corrected chi connectivity index (χ4v) is 6.93. The Balaban J connectivity index is 1.12. The van der Waals surface area contributed by atoms with Crippen molar-refractivity contribution in [1.82, 2.24) is 9.80 Å². The minimum absolute atomic E-state index is 0.0450. The molecule has 4 aliphatic rings. The number of aliphatic imine (C=N–C) groups is 2. The zero-order valence-corrected chi connectivity index (χ0v) is 28.5. The van der Waals surface area contributed by atoms with E-state index in [1.54, 1.807) is 46.5 Å². The summed E-state index contributed by atoms with van der Waals surface area (Å²) in [5.74, 6) is 0.429. The van der Waals surface area contributed by atoms with E-state index in [1.165, 1.54) is 14.2 Å². The van der Waals surface area contributed by atoms with E-state index in [1.807, 2.05) is 18.2 Å². The highest BCUT2D eigenvalue weighted by molar-refractivity contribution is 6.04. The largest absolute Gasteiger partial charge is 0.493 e. The predicted molar refractivity (Wildman–Crippen MR) is 191 cm³/mol. The van der Waals surface area contributed by atoms with Gasteiger partial charge in [-0.05, 0) is 54.2 Å². The summed E-state index contributed by atoms with van der Waals surface area (Å²) in [4.78, 5) is 51.0. The molecule has 51 heavy (non-hydrogen) atoms. The lowest BCUT2D eigenvalue weighted by Crippen LogP contribution is -2.35. The van der Waals surface area contributed by atoms with E-state index in [9.17, 15) is 19.5 Å². The van der Waals surface area contributed by atoms with Gasteiger partial charge < -0.3 is 33.9 Å². The maximum atomic E-state index is 13.4. The summed E-state index contributed by atoms with van der Waals surface area (Å²) in [5, 5.41) is 9.37. The van der Waals surface area contributed by atoms with E-state index < -0.39 is 5.97 Å². The van der Waals surface area contributed by atoms with Gasteiger partial charge in [-0.2, -0.15) is 0 Å². The van der Waals surface area contributed by atoms with Crippen LogP contribution in [0.25, 0.3) is 0 Å². The average molecular weight is 691 g/mol. The van der Waals surface area contributed by atoms with Gasteiger partial charge in [0.05, 0.1) is 48.8 Å². The van der Waals surface area contributed by atoms with Gasteiger partial charge in [0, 0.05) is 44.1 Å². The van der Waals surface area contributed by atoms with Crippen molar-refractivity contribution in [3.63, 3.8) is 0 Å². The average Bonchev–Trinajstić information content (AvgIpc) is 3.63. The Morgan fingerprint density at radius 3 is 1.61 bits per heavy atom. The number of carboxylic acid groups (broad SMARTS) is 1. The maximum absolute atomic E-state index is 13.4. The number of ether oxygens (including phenoxy) is 4. The molecule has 0 spiro atoms. The van der Waals surface area contributed by atoms with E-state index in [0.29, 0.717) is 77.9 Å². The monoisotopic (exact) mass is 690 g/mol. The lowest BCUT2D eigenvalue weighted by Gasteiger charge is -2.20. The Hall–Kier alpha value is -5.91. The summed E-state index contributed by atoms with van der Waals surface area (Å²) in [6.45, 7) is 9.30. The Bertz CT molecular complexity index is 1900. The third-order valence-electron chi connectivity index (χ3n) is 9.43. The highest BCUT2D eigenvalue weighted by atomic mass is 16.5. The van der Waals surface area contributed by atoms with Crippen LogP contribution in [0.3, 0.4) is 0 Å². The SMILES string of the molecule is C=C1C[C@H]2C=Nc3cc(OCc4cc(CCC(=O)O)cc(COc5cc6c(cc5OC)C(=O)N5CC(=C)C[C@H]5C=N6)c4)c(OC)cc3C(=O)N2C1. The summed E-state index contributed by atoms with van der Waals surface area (Å²) < 4.78 is 23.8. The van der Waals surface area contributed by atoms with E-state index in [-0.39, 0.29) is 43.5 Å². The number of hydrogen-bond donors (Lipinski definition) is 1. The normalized spacial score (nSPS) is 18.9. The van der Waals surface area contributed by atoms with Gasteiger partial charge in [0.15, 0.2) is 23.0 Å². The van der Waals surface area contributed by atoms with Crippen LogP contribution in [0.15, 0.2) is 76.8 Å². The molecule has 2 fully saturated rings. The van der Waals surface area contributed by atoms with Crippen LogP contribution in [-0.4, -0.2) is 84.5 Å². The van der Waals surface area contributed by atoms with Crippen LogP contribution in [0, 0.1) is 0 Å². The second kappa shape index (κ2) is 13.8. The number of methoxy groups -OCH3 is 2. The number of carbonyl (C=O) groups excluding carboxylic acids is 2. The molecule has 0 aromatic heterocycles. The minimum Gasteiger partial charge on any atom is -0.493 e. The van der Waals surface area contributed by atoms with Crippen LogP contribution in [0.5, 0.6) is 23.0 Å². The van der Waals surface area contributed by atoms with Gasteiger partial charge in [-0.3, -0.25) is 24.4 Å². The molecule has 4 aliphatic heterocycles. The van der Waals surface area contributed by atoms with Gasteiger partial charge in [-0.25, -0.2) is 0 Å². The first kappa shape index (κ1) is 33.6. The molecule has 0 saturated carbocycles. The topological polar surface area (TPSA) is 140 Å². The van der Waals surface area contributed by atoms with E-state index >= 15 is 0 Å². The van der Waals surface area contributed by atoms with Crippen LogP contribution >= 0.6 is 0 Å². The van der Waals surface area contributed by atoms with Gasteiger partial charge in [-0.1, -0.05) is 36.4 Å². The first-order valence-electron chi connectivity index (χ1n) is 16.7. The zero-order chi connectivity index (χ0) is 35.8. The molecule has 12 heteroatoms.